The highest BCUT2D eigenvalue weighted by molar-refractivity contribution is 8.19. The van der Waals surface area contributed by atoms with Gasteiger partial charge in [-0.15, -0.1) is 23.5 Å². The molecule has 0 saturated carbocycles. The first-order valence-corrected chi connectivity index (χ1v) is 12.0. The standard InChI is InChI=1S/C23H25NO4S2/c1-15(2)13-21(26)24-19-9-7-16(8-10-19)20(25)14-28-22(27)17-3-5-18(6-4-17)23-29-11-12-30-23/h3-10,15,23H,11-14H2,1-2H3,(H,24,26). The first-order chi connectivity index (χ1) is 14.4. The molecule has 1 heterocycles. The Bertz CT molecular complexity index is 888. The van der Waals surface area contributed by atoms with E-state index >= 15 is 0 Å². The van der Waals surface area contributed by atoms with Gasteiger partial charge in [0.2, 0.25) is 5.91 Å². The van der Waals surface area contributed by atoms with E-state index in [1.807, 2.05) is 49.5 Å². The summed E-state index contributed by atoms with van der Waals surface area (Å²) >= 11 is 3.81. The minimum atomic E-state index is -0.515. The first-order valence-electron chi connectivity index (χ1n) is 9.86. The summed E-state index contributed by atoms with van der Waals surface area (Å²) in [5, 5.41) is 2.80. The van der Waals surface area contributed by atoms with E-state index in [0.29, 0.717) is 27.8 Å². The van der Waals surface area contributed by atoms with Crippen molar-refractivity contribution in [3.63, 3.8) is 0 Å². The van der Waals surface area contributed by atoms with E-state index < -0.39 is 5.97 Å². The monoisotopic (exact) mass is 443 g/mol. The fraction of sp³-hybridized carbons (Fsp3) is 0.348. The van der Waals surface area contributed by atoms with E-state index in [2.05, 4.69) is 5.32 Å². The highest BCUT2D eigenvalue weighted by Crippen LogP contribution is 2.45. The third-order valence-electron chi connectivity index (χ3n) is 4.46. The number of hydrogen-bond acceptors (Lipinski definition) is 6. The van der Waals surface area contributed by atoms with Crippen LogP contribution in [0.25, 0.3) is 0 Å². The molecule has 158 valence electrons. The Morgan fingerprint density at radius 2 is 1.57 bits per heavy atom. The van der Waals surface area contributed by atoms with Crippen LogP contribution in [0.1, 0.15) is 51.1 Å². The van der Waals surface area contributed by atoms with Gasteiger partial charge in [0.15, 0.2) is 12.4 Å². The number of ketones is 1. The molecule has 5 nitrogen and oxygen atoms in total. The predicted molar refractivity (Wildman–Crippen MR) is 123 cm³/mol. The van der Waals surface area contributed by atoms with Gasteiger partial charge in [-0.1, -0.05) is 26.0 Å². The maximum atomic E-state index is 12.3. The molecule has 7 heteroatoms. The van der Waals surface area contributed by atoms with Crippen LogP contribution in [-0.2, 0) is 9.53 Å². The topological polar surface area (TPSA) is 72.5 Å². The van der Waals surface area contributed by atoms with Gasteiger partial charge in [0.25, 0.3) is 0 Å². The molecule has 1 aliphatic heterocycles. The van der Waals surface area contributed by atoms with E-state index in [4.69, 9.17) is 4.74 Å². The molecule has 0 aliphatic carbocycles. The van der Waals surface area contributed by atoms with Gasteiger partial charge in [0, 0.05) is 29.2 Å². The minimum absolute atomic E-state index is 0.0610. The second-order valence-corrected chi connectivity index (χ2v) is 10.1. The summed E-state index contributed by atoms with van der Waals surface area (Å²) in [4.78, 5) is 36.4. The zero-order valence-electron chi connectivity index (χ0n) is 17.1. The summed E-state index contributed by atoms with van der Waals surface area (Å²) < 4.78 is 5.61. The van der Waals surface area contributed by atoms with Crippen LogP contribution in [0.5, 0.6) is 0 Å². The Morgan fingerprint density at radius 3 is 2.17 bits per heavy atom. The molecule has 2 aromatic rings. The quantitative estimate of drug-likeness (QED) is 0.447. The Hall–Kier alpha value is -2.25. The number of ether oxygens (including phenoxy) is 1. The Labute approximate surface area is 185 Å². The summed E-state index contributed by atoms with van der Waals surface area (Å²) in [7, 11) is 0. The molecule has 0 radical (unpaired) electrons. The third kappa shape index (κ3) is 6.37. The fourth-order valence-electron chi connectivity index (χ4n) is 2.95. The van der Waals surface area contributed by atoms with Crippen molar-refractivity contribution < 1.29 is 19.1 Å². The molecule has 0 unspecified atom stereocenters. The maximum absolute atomic E-state index is 12.3. The van der Waals surface area contributed by atoms with Crippen LogP contribution in [0, 0.1) is 5.92 Å². The Morgan fingerprint density at radius 1 is 0.967 bits per heavy atom. The van der Waals surface area contributed by atoms with Gasteiger partial charge in [-0.2, -0.15) is 0 Å². The highest BCUT2D eigenvalue weighted by Gasteiger charge is 2.19. The van der Waals surface area contributed by atoms with Gasteiger partial charge >= 0.3 is 5.97 Å². The smallest absolute Gasteiger partial charge is 0.338 e. The normalized spacial score (nSPS) is 14.0. The average molecular weight is 444 g/mol. The largest absolute Gasteiger partial charge is 0.454 e. The zero-order chi connectivity index (χ0) is 21.5. The molecule has 3 rings (SSSR count). The number of benzene rings is 2. The van der Waals surface area contributed by atoms with Crippen molar-refractivity contribution in [3.05, 3.63) is 65.2 Å². The van der Waals surface area contributed by atoms with Crippen molar-refractivity contribution in [1.29, 1.82) is 0 Å². The second kappa shape index (κ2) is 10.7. The minimum Gasteiger partial charge on any atom is -0.454 e. The van der Waals surface area contributed by atoms with Gasteiger partial charge in [-0.3, -0.25) is 9.59 Å². The molecule has 1 aliphatic rings. The third-order valence-corrected chi connectivity index (χ3v) is 7.56. The van der Waals surface area contributed by atoms with E-state index in [9.17, 15) is 14.4 Å². The lowest BCUT2D eigenvalue weighted by Crippen LogP contribution is -2.15. The number of amides is 1. The number of anilines is 1. The summed E-state index contributed by atoms with van der Waals surface area (Å²) in [5.74, 6) is 1.70. The number of thioether (sulfide) groups is 2. The number of hydrogen-bond donors (Lipinski definition) is 1. The second-order valence-electron chi connectivity index (χ2n) is 7.42. The van der Waals surface area contributed by atoms with Crippen molar-refractivity contribution >= 4 is 46.9 Å². The maximum Gasteiger partial charge on any atom is 0.338 e. The SMILES string of the molecule is CC(C)CC(=O)Nc1ccc(C(=O)COC(=O)c2ccc(C3SCCS3)cc2)cc1. The molecule has 0 spiro atoms. The van der Waals surface area contributed by atoms with E-state index in [0.717, 1.165) is 11.5 Å². The molecule has 1 saturated heterocycles. The molecular weight excluding hydrogens is 418 g/mol. The molecule has 1 N–H and O–H groups in total. The van der Waals surface area contributed by atoms with Gasteiger partial charge in [0.1, 0.15) is 0 Å². The van der Waals surface area contributed by atoms with Crippen LogP contribution < -0.4 is 5.32 Å². The molecule has 2 aromatic carbocycles. The molecular formula is C23H25NO4S2. The molecule has 0 aromatic heterocycles. The van der Waals surface area contributed by atoms with Crippen molar-refractivity contribution in [3.8, 4) is 0 Å². The van der Waals surface area contributed by atoms with Crippen LogP contribution in [0.3, 0.4) is 0 Å². The number of esters is 1. The first kappa shape index (κ1) is 22.4. The van der Waals surface area contributed by atoms with Gasteiger partial charge < -0.3 is 10.1 Å². The fourth-order valence-corrected chi connectivity index (χ4v) is 5.81. The molecule has 1 amide bonds. The van der Waals surface area contributed by atoms with Crippen LogP contribution in [0.15, 0.2) is 48.5 Å². The van der Waals surface area contributed by atoms with Gasteiger partial charge in [-0.25, -0.2) is 4.79 Å². The van der Waals surface area contributed by atoms with Crippen LogP contribution in [0.2, 0.25) is 0 Å². The number of Topliss-reactive ketones (excluding diaryl/α,β-unsaturated/α-hetero) is 1. The average Bonchev–Trinajstić information content (AvgIpc) is 3.26. The van der Waals surface area contributed by atoms with Crippen LogP contribution in [0.4, 0.5) is 5.69 Å². The van der Waals surface area contributed by atoms with Crippen LogP contribution >= 0.6 is 23.5 Å². The molecule has 30 heavy (non-hydrogen) atoms. The number of nitrogens with one attached hydrogen (secondary N) is 1. The summed E-state index contributed by atoms with van der Waals surface area (Å²) in [6.07, 6.45) is 0.440. The number of rotatable bonds is 8. The van der Waals surface area contributed by atoms with Crippen molar-refractivity contribution in [2.75, 3.05) is 23.4 Å². The van der Waals surface area contributed by atoms with Crippen molar-refractivity contribution in [1.82, 2.24) is 0 Å². The summed E-state index contributed by atoms with van der Waals surface area (Å²) in [6, 6.07) is 14.0. The lowest BCUT2D eigenvalue weighted by molar-refractivity contribution is -0.116. The Kier molecular flexibility index (Phi) is 7.99. The summed E-state index contributed by atoms with van der Waals surface area (Å²) in [5.41, 5.74) is 2.68. The Balaban J connectivity index is 1.49. The lowest BCUT2D eigenvalue weighted by Gasteiger charge is -2.10. The van der Waals surface area contributed by atoms with Crippen molar-refractivity contribution in [2.45, 2.75) is 24.9 Å². The van der Waals surface area contributed by atoms with Gasteiger partial charge in [-0.05, 0) is 47.9 Å². The van der Waals surface area contributed by atoms with Crippen LogP contribution in [-0.4, -0.2) is 35.8 Å². The molecule has 0 bridgehead atoms. The predicted octanol–water partition coefficient (Wildman–Crippen LogP) is 5.19. The highest BCUT2D eigenvalue weighted by atomic mass is 32.2. The van der Waals surface area contributed by atoms with E-state index in [1.165, 1.54) is 5.56 Å². The summed E-state index contributed by atoms with van der Waals surface area (Å²) in [6.45, 7) is 3.63. The van der Waals surface area contributed by atoms with Gasteiger partial charge in [0.05, 0.1) is 10.1 Å². The van der Waals surface area contributed by atoms with E-state index in [-0.39, 0.29) is 24.2 Å². The van der Waals surface area contributed by atoms with Crippen molar-refractivity contribution in [2.24, 2.45) is 5.92 Å². The molecule has 0 atom stereocenters. The lowest BCUT2D eigenvalue weighted by atomic mass is 10.1. The molecule has 1 fully saturated rings. The van der Waals surface area contributed by atoms with E-state index in [1.54, 1.807) is 36.4 Å². The zero-order valence-corrected chi connectivity index (χ0v) is 18.7. The number of carbonyl (C=O) groups excluding carboxylic acids is 3. The number of carbonyl (C=O) groups is 3.